The van der Waals surface area contributed by atoms with Gasteiger partial charge < -0.3 is 5.73 Å². The van der Waals surface area contributed by atoms with Gasteiger partial charge in [-0.05, 0) is 18.1 Å². The first kappa shape index (κ1) is 15.5. The monoisotopic (exact) mass is 309 g/mol. The maximum absolute atomic E-state index is 12.5. The Bertz CT molecular complexity index is 697. The first-order chi connectivity index (χ1) is 9.95. The van der Waals surface area contributed by atoms with E-state index in [4.69, 9.17) is 5.73 Å². The van der Waals surface area contributed by atoms with Crippen molar-refractivity contribution in [1.82, 2.24) is 19.1 Å². The van der Waals surface area contributed by atoms with Crippen LogP contribution in [0.1, 0.15) is 18.9 Å². The number of anilines is 1. The number of nitrogen functional groups attached to an aromatic ring is 1. The van der Waals surface area contributed by atoms with Crippen molar-refractivity contribution in [3.63, 3.8) is 0 Å². The van der Waals surface area contributed by atoms with Gasteiger partial charge in [-0.1, -0.05) is 13.0 Å². The molecule has 0 aliphatic rings. The van der Waals surface area contributed by atoms with Crippen molar-refractivity contribution in [3.8, 4) is 0 Å². The Balaban J connectivity index is 2.24. The zero-order chi connectivity index (χ0) is 15.5. The number of aromatic nitrogens is 3. The van der Waals surface area contributed by atoms with Gasteiger partial charge in [-0.2, -0.15) is 9.40 Å². The van der Waals surface area contributed by atoms with E-state index in [1.807, 2.05) is 13.0 Å². The molecule has 8 heteroatoms. The van der Waals surface area contributed by atoms with Crippen molar-refractivity contribution in [2.24, 2.45) is 0 Å². The molecular formula is C13H19N5O2S. The van der Waals surface area contributed by atoms with Crippen molar-refractivity contribution in [1.29, 1.82) is 0 Å². The lowest BCUT2D eigenvalue weighted by atomic mass is 10.3. The Hall–Kier alpha value is -1.93. The molecule has 0 radical (unpaired) electrons. The van der Waals surface area contributed by atoms with Crippen LogP contribution >= 0.6 is 0 Å². The summed E-state index contributed by atoms with van der Waals surface area (Å²) in [7, 11) is -2.16. The SMILES string of the molecule is CCCn1cc(S(=O)(=O)N(C)Cc2cccnc2)c(N)n1. The first-order valence-electron chi connectivity index (χ1n) is 6.63. The molecule has 2 aromatic heterocycles. The highest BCUT2D eigenvalue weighted by Crippen LogP contribution is 2.21. The first-order valence-corrected chi connectivity index (χ1v) is 8.07. The minimum atomic E-state index is -3.67. The van der Waals surface area contributed by atoms with Crippen LogP contribution in [0, 0.1) is 0 Å². The zero-order valence-electron chi connectivity index (χ0n) is 12.1. The van der Waals surface area contributed by atoms with Gasteiger partial charge in [0.25, 0.3) is 0 Å². The quantitative estimate of drug-likeness (QED) is 0.862. The van der Waals surface area contributed by atoms with Crippen molar-refractivity contribution in [3.05, 3.63) is 36.3 Å². The van der Waals surface area contributed by atoms with Crippen LogP contribution in [0.25, 0.3) is 0 Å². The summed E-state index contributed by atoms with van der Waals surface area (Å²) in [6.45, 7) is 2.85. The summed E-state index contributed by atoms with van der Waals surface area (Å²) in [6, 6.07) is 3.59. The predicted octanol–water partition coefficient (Wildman–Crippen LogP) is 1.09. The lowest BCUT2D eigenvalue weighted by molar-refractivity contribution is 0.466. The van der Waals surface area contributed by atoms with E-state index in [0.717, 1.165) is 12.0 Å². The molecule has 2 rings (SSSR count). The third-order valence-corrected chi connectivity index (χ3v) is 4.84. The third-order valence-electron chi connectivity index (χ3n) is 3.02. The average molecular weight is 309 g/mol. The number of nitrogens with two attached hydrogens (primary N) is 1. The molecule has 2 N–H and O–H groups in total. The zero-order valence-corrected chi connectivity index (χ0v) is 12.9. The molecule has 0 amide bonds. The Morgan fingerprint density at radius 3 is 2.81 bits per heavy atom. The van der Waals surface area contributed by atoms with Gasteiger partial charge in [0.1, 0.15) is 4.90 Å². The number of pyridine rings is 1. The molecule has 114 valence electrons. The molecule has 0 saturated carbocycles. The van der Waals surface area contributed by atoms with Crippen molar-refractivity contribution in [2.45, 2.75) is 31.3 Å². The number of rotatable bonds is 6. The van der Waals surface area contributed by atoms with Gasteiger partial charge in [-0.15, -0.1) is 0 Å². The summed E-state index contributed by atoms with van der Waals surface area (Å²) in [5.41, 5.74) is 6.55. The molecule has 0 aliphatic carbocycles. The highest BCUT2D eigenvalue weighted by Gasteiger charge is 2.26. The van der Waals surface area contributed by atoms with Crippen LogP contribution in [0.15, 0.2) is 35.6 Å². The molecule has 0 spiro atoms. The van der Waals surface area contributed by atoms with Crippen LogP contribution in [0.3, 0.4) is 0 Å². The fourth-order valence-corrected chi connectivity index (χ4v) is 3.18. The fraction of sp³-hybridized carbons (Fsp3) is 0.385. The summed E-state index contributed by atoms with van der Waals surface area (Å²) in [4.78, 5) is 4.02. The van der Waals surface area contributed by atoms with Crippen molar-refractivity contribution < 1.29 is 8.42 Å². The second-order valence-electron chi connectivity index (χ2n) is 4.76. The molecule has 2 aromatic rings. The Labute approximate surface area is 124 Å². The van der Waals surface area contributed by atoms with Crippen LogP contribution in [0.5, 0.6) is 0 Å². The molecule has 0 bridgehead atoms. The topological polar surface area (TPSA) is 94.1 Å². The Kier molecular flexibility index (Phi) is 4.59. The van der Waals surface area contributed by atoms with Crippen molar-refractivity contribution >= 4 is 15.8 Å². The maximum Gasteiger partial charge on any atom is 0.248 e. The number of sulfonamides is 1. The molecule has 21 heavy (non-hydrogen) atoms. The van der Waals surface area contributed by atoms with Gasteiger partial charge in [0.15, 0.2) is 5.82 Å². The number of aryl methyl sites for hydroxylation is 1. The van der Waals surface area contributed by atoms with Gasteiger partial charge in [-0.25, -0.2) is 8.42 Å². The van der Waals surface area contributed by atoms with Gasteiger partial charge in [0, 0.05) is 38.7 Å². The van der Waals surface area contributed by atoms with Gasteiger partial charge in [0.05, 0.1) is 0 Å². The second kappa shape index (κ2) is 6.23. The van der Waals surface area contributed by atoms with Crippen LogP contribution in [0.2, 0.25) is 0 Å². The standard InChI is InChI=1S/C13H19N5O2S/c1-3-7-18-10-12(13(14)16-18)21(19,20)17(2)9-11-5-4-6-15-8-11/h4-6,8,10H,3,7,9H2,1-2H3,(H2,14,16). The maximum atomic E-state index is 12.5. The van der Waals surface area contributed by atoms with Gasteiger partial charge in [0.2, 0.25) is 10.0 Å². The second-order valence-corrected chi connectivity index (χ2v) is 6.78. The minimum Gasteiger partial charge on any atom is -0.381 e. The van der Waals surface area contributed by atoms with E-state index in [-0.39, 0.29) is 17.3 Å². The average Bonchev–Trinajstić information content (AvgIpc) is 2.82. The van der Waals surface area contributed by atoms with E-state index in [0.29, 0.717) is 6.54 Å². The van der Waals surface area contributed by atoms with Crippen LogP contribution in [-0.2, 0) is 23.1 Å². The predicted molar refractivity (Wildman–Crippen MR) is 79.8 cm³/mol. The van der Waals surface area contributed by atoms with Crippen LogP contribution < -0.4 is 5.73 Å². The lowest BCUT2D eigenvalue weighted by Gasteiger charge is -2.16. The summed E-state index contributed by atoms with van der Waals surface area (Å²) in [6.07, 6.45) is 5.61. The van der Waals surface area contributed by atoms with E-state index in [1.54, 1.807) is 23.1 Å². The smallest absolute Gasteiger partial charge is 0.248 e. The van der Waals surface area contributed by atoms with E-state index < -0.39 is 10.0 Å². The van der Waals surface area contributed by atoms with Gasteiger partial charge in [-0.3, -0.25) is 9.67 Å². The molecular weight excluding hydrogens is 290 g/mol. The number of hydrogen-bond acceptors (Lipinski definition) is 5. The molecule has 0 aliphatic heterocycles. The Morgan fingerprint density at radius 2 is 2.19 bits per heavy atom. The normalized spacial score (nSPS) is 12.0. The van der Waals surface area contributed by atoms with Gasteiger partial charge >= 0.3 is 0 Å². The van der Waals surface area contributed by atoms with E-state index in [1.165, 1.54) is 17.5 Å². The third kappa shape index (κ3) is 3.40. The molecule has 2 heterocycles. The van der Waals surface area contributed by atoms with E-state index in [9.17, 15) is 8.42 Å². The number of nitrogens with zero attached hydrogens (tertiary/aromatic N) is 4. The molecule has 0 saturated heterocycles. The van der Waals surface area contributed by atoms with Crippen LogP contribution in [0.4, 0.5) is 5.82 Å². The molecule has 7 nitrogen and oxygen atoms in total. The summed E-state index contributed by atoms with van der Waals surface area (Å²) >= 11 is 0. The number of hydrogen-bond donors (Lipinski definition) is 1. The van der Waals surface area contributed by atoms with E-state index >= 15 is 0 Å². The highest BCUT2D eigenvalue weighted by atomic mass is 32.2. The lowest BCUT2D eigenvalue weighted by Crippen LogP contribution is -2.26. The molecule has 0 fully saturated rings. The van der Waals surface area contributed by atoms with Crippen molar-refractivity contribution in [2.75, 3.05) is 12.8 Å². The van der Waals surface area contributed by atoms with Crippen LogP contribution in [-0.4, -0.2) is 34.5 Å². The fourth-order valence-electron chi connectivity index (χ4n) is 1.96. The summed E-state index contributed by atoms with van der Waals surface area (Å²) in [5.74, 6) is 0.0292. The summed E-state index contributed by atoms with van der Waals surface area (Å²) in [5, 5.41) is 4.03. The molecule has 0 atom stereocenters. The molecule has 0 unspecified atom stereocenters. The van der Waals surface area contributed by atoms with E-state index in [2.05, 4.69) is 10.1 Å². The Morgan fingerprint density at radius 1 is 1.43 bits per heavy atom. The highest BCUT2D eigenvalue weighted by molar-refractivity contribution is 7.89. The molecule has 0 aromatic carbocycles. The summed E-state index contributed by atoms with van der Waals surface area (Å²) < 4.78 is 27.9. The minimum absolute atomic E-state index is 0.0292. The largest absolute Gasteiger partial charge is 0.381 e.